The highest BCUT2D eigenvalue weighted by Crippen LogP contribution is 2.27. The van der Waals surface area contributed by atoms with E-state index in [1.54, 1.807) is 17.4 Å². The summed E-state index contributed by atoms with van der Waals surface area (Å²) in [5, 5.41) is 2.11. The van der Waals surface area contributed by atoms with Gasteiger partial charge in [0.2, 0.25) is 5.91 Å². The van der Waals surface area contributed by atoms with Gasteiger partial charge >= 0.3 is 0 Å². The van der Waals surface area contributed by atoms with Gasteiger partial charge in [-0.05, 0) is 42.3 Å². The van der Waals surface area contributed by atoms with Gasteiger partial charge in [0.25, 0.3) is 5.91 Å². The van der Waals surface area contributed by atoms with Gasteiger partial charge in [0, 0.05) is 37.0 Å². The fourth-order valence-corrected chi connectivity index (χ4v) is 4.48. The van der Waals surface area contributed by atoms with Crippen LogP contribution in [0.1, 0.15) is 33.6 Å². The second kappa shape index (κ2) is 6.43. The second-order valence-electron chi connectivity index (χ2n) is 6.46. The summed E-state index contributed by atoms with van der Waals surface area (Å²) in [4.78, 5) is 30.4. The lowest BCUT2D eigenvalue weighted by molar-refractivity contribution is -0.137. The van der Waals surface area contributed by atoms with Crippen LogP contribution < -0.4 is 0 Å². The average molecular weight is 344 g/mol. The molecule has 126 valence electrons. The lowest BCUT2D eigenvalue weighted by atomic mass is 9.94. The molecule has 4 heterocycles. The van der Waals surface area contributed by atoms with E-state index < -0.39 is 0 Å². The van der Waals surface area contributed by atoms with E-state index in [0.29, 0.717) is 18.7 Å². The van der Waals surface area contributed by atoms with E-state index in [2.05, 4.69) is 11.4 Å². The standard InChI is InChI=1S/C18H20N2O3S/c21-17(20-8-3-16-14(11-20)5-10-24-16)13-1-6-19(7-2-13)18(22)15-4-9-23-12-15/h4-5,9-10,12-13H,1-3,6-8,11H2. The van der Waals surface area contributed by atoms with E-state index in [0.717, 1.165) is 32.4 Å². The molecular formula is C18H20N2O3S. The zero-order valence-electron chi connectivity index (χ0n) is 13.4. The Morgan fingerprint density at radius 3 is 2.71 bits per heavy atom. The van der Waals surface area contributed by atoms with Gasteiger partial charge in [-0.25, -0.2) is 0 Å². The molecule has 4 rings (SSSR count). The summed E-state index contributed by atoms with van der Waals surface area (Å²) >= 11 is 1.79. The minimum atomic E-state index is -0.00413. The largest absolute Gasteiger partial charge is 0.472 e. The van der Waals surface area contributed by atoms with Crippen LogP contribution >= 0.6 is 11.3 Å². The van der Waals surface area contributed by atoms with E-state index in [4.69, 9.17) is 4.42 Å². The van der Waals surface area contributed by atoms with Crippen molar-refractivity contribution >= 4 is 23.2 Å². The molecule has 2 aliphatic heterocycles. The highest BCUT2D eigenvalue weighted by molar-refractivity contribution is 7.10. The van der Waals surface area contributed by atoms with Gasteiger partial charge in [-0.15, -0.1) is 11.3 Å². The van der Waals surface area contributed by atoms with Crippen molar-refractivity contribution in [2.75, 3.05) is 19.6 Å². The fraction of sp³-hybridized carbons (Fsp3) is 0.444. The predicted octanol–water partition coefficient (Wildman–Crippen LogP) is 2.78. The van der Waals surface area contributed by atoms with Crippen LogP contribution in [-0.4, -0.2) is 41.2 Å². The van der Waals surface area contributed by atoms with Gasteiger partial charge in [-0.1, -0.05) is 0 Å². The number of fused-ring (bicyclic) bond motifs is 1. The van der Waals surface area contributed by atoms with Crippen molar-refractivity contribution < 1.29 is 14.0 Å². The van der Waals surface area contributed by atoms with Crippen LogP contribution in [0.5, 0.6) is 0 Å². The molecule has 2 aliphatic rings. The van der Waals surface area contributed by atoms with Crippen molar-refractivity contribution in [2.45, 2.75) is 25.8 Å². The Kier molecular flexibility index (Phi) is 4.14. The van der Waals surface area contributed by atoms with E-state index in [1.807, 2.05) is 9.80 Å². The van der Waals surface area contributed by atoms with Crippen LogP contribution in [0.3, 0.4) is 0 Å². The Morgan fingerprint density at radius 1 is 1.12 bits per heavy atom. The molecular weight excluding hydrogens is 324 g/mol. The van der Waals surface area contributed by atoms with Gasteiger partial charge in [-0.2, -0.15) is 0 Å². The molecule has 0 aromatic carbocycles. The minimum Gasteiger partial charge on any atom is -0.472 e. The Bertz CT molecular complexity index is 729. The van der Waals surface area contributed by atoms with Crippen LogP contribution in [0.2, 0.25) is 0 Å². The smallest absolute Gasteiger partial charge is 0.257 e. The minimum absolute atomic E-state index is 0.00413. The highest BCUT2D eigenvalue weighted by atomic mass is 32.1. The maximum Gasteiger partial charge on any atom is 0.257 e. The third-order valence-electron chi connectivity index (χ3n) is 5.02. The molecule has 1 fully saturated rings. The Balaban J connectivity index is 1.34. The van der Waals surface area contributed by atoms with Crippen molar-refractivity contribution in [1.82, 2.24) is 9.80 Å². The molecule has 0 bridgehead atoms. The van der Waals surface area contributed by atoms with Gasteiger partial charge < -0.3 is 14.2 Å². The number of amides is 2. The van der Waals surface area contributed by atoms with E-state index in [9.17, 15) is 9.59 Å². The first-order valence-corrected chi connectivity index (χ1v) is 9.26. The van der Waals surface area contributed by atoms with Gasteiger partial charge in [0.05, 0.1) is 11.8 Å². The normalized spacial score (nSPS) is 18.5. The Hall–Kier alpha value is -2.08. The van der Waals surface area contributed by atoms with Crippen LogP contribution in [-0.2, 0) is 17.8 Å². The summed E-state index contributed by atoms with van der Waals surface area (Å²) in [6.45, 7) is 2.84. The van der Waals surface area contributed by atoms with Crippen molar-refractivity contribution in [3.63, 3.8) is 0 Å². The number of nitrogens with zero attached hydrogens (tertiary/aromatic N) is 2. The topological polar surface area (TPSA) is 53.8 Å². The number of furan rings is 1. The molecule has 0 unspecified atom stereocenters. The molecule has 2 aromatic heterocycles. The van der Waals surface area contributed by atoms with Crippen molar-refractivity contribution in [3.05, 3.63) is 46.0 Å². The number of carbonyl (C=O) groups is 2. The summed E-state index contributed by atoms with van der Waals surface area (Å²) in [5.74, 6) is 0.288. The molecule has 1 saturated heterocycles. The maximum absolute atomic E-state index is 12.8. The molecule has 0 atom stereocenters. The summed E-state index contributed by atoms with van der Waals surface area (Å²) in [7, 11) is 0. The summed E-state index contributed by atoms with van der Waals surface area (Å²) in [6.07, 6.45) is 5.45. The molecule has 0 N–H and O–H groups in total. The number of hydrogen-bond donors (Lipinski definition) is 0. The number of piperidine rings is 1. The second-order valence-corrected chi connectivity index (χ2v) is 7.46. The Morgan fingerprint density at radius 2 is 1.96 bits per heavy atom. The first-order valence-electron chi connectivity index (χ1n) is 8.38. The first kappa shape index (κ1) is 15.4. The molecule has 0 saturated carbocycles. The molecule has 2 amide bonds. The predicted molar refractivity (Wildman–Crippen MR) is 90.8 cm³/mol. The van der Waals surface area contributed by atoms with E-state index in [1.165, 1.54) is 23.0 Å². The third-order valence-corrected chi connectivity index (χ3v) is 6.04. The summed E-state index contributed by atoms with van der Waals surface area (Å²) in [6, 6.07) is 3.82. The van der Waals surface area contributed by atoms with Gasteiger partial charge in [0.15, 0.2) is 0 Å². The number of rotatable bonds is 2. The van der Waals surface area contributed by atoms with Crippen molar-refractivity contribution in [3.8, 4) is 0 Å². The first-order chi connectivity index (χ1) is 11.7. The molecule has 24 heavy (non-hydrogen) atoms. The zero-order valence-corrected chi connectivity index (χ0v) is 14.3. The molecule has 6 heteroatoms. The number of hydrogen-bond acceptors (Lipinski definition) is 4. The molecule has 5 nitrogen and oxygen atoms in total. The van der Waals surface area contributed by atoms with Crippen LogP contribution in [0, 0.1) is 5.92 Å². The lowest BCUT2D eigenvalue weighted by Gasteiger charge is -2.35. The molecule has 0 spiro atoms. The van der Waals surface area contributed by atoms with Gasteiger partial charge in [-0.3, -0.25) is 9.59 Å². The van der Waals surface area contributed by atoms with E-state index >= 15 is 0 Å². The summed E-state index contributed by atoms with van der Waals surface area (Å²) < 4.78 is 4.98. The maximum atomic E-state index is 12.8. The van der Waals surface area contributed by atoms with E-state index in [-0.39, 0.29) is 17.7 Å². The SMILES string of the molecule is O=C(c1ccoc1)N1CCC(C(=O)N2CCc3sccc3C2)CC1. The molecule has 0 radical (unpaired) electrons. The Labute approximate surface area is 144 Å². The van der Waals surface area contributed by atoms with Crippen LogP contribution in [0.15, 0.2) is 34.5 Å². The number of thiophene rings is 1. The quantitative estimate of drug-likeness (QED) is 0.842. The van der Waals surface area contributed by atoms with Crippen molar-refractivity contribution in [2.24, 2.45) is 5.92 Å². The molecule has 0 aliphatic carbocycles. The molecule has 2 aromatic rings. The lowest BCUT2D eigenvalue weighted by Crippen LogP contribution is -2.45. The van der Waals surface area contributed by atoms with Gasteiger partial charge in [0.1, 0.15) is 6.26 Å². The number of carbonyl (C=O) groups excluding carboxylic acids is 2. The van der Waals surface area contributed by atoms with Crippen LogP contribution in [0.4, 0.5) is 0 Å². The fourth-order valence-electron chi connectivity index (χ4n) is 3.59. The highest BCUT2D eigenvalue weighted by Gasteiger charge is 2.32. The third kappa shape index (κ3) is 2.86. The number of likely N-dealkylation sites (tertiary alicyclic amines) is 1. The van der Waals surface area contributed by atoms with Crippen molar-refractivity contribution in [1.29, 1.82) is 0 Å². The monoisotopic (exact) mass is 344 g/mol. The zero-order chi connectivity index (χ0) is 16.5. The van der Waals surface area contributed by atoms with Crippen LogP contribution in [0.25, 0.3) is 0 Å². The average Bonchev–Trinajstić information content (AvgIpc) is 3.31. The summed E-state index contributed by atoms with van der Waals surface area (Å²) in [5.41, 5.74) is 1.88.